The molecule has 3 heterocycles. The molecule has 1 aliphatic heterocycles. The molecule has 6 N–H and O–H groups in total. The third-order valence-electron chi connectivity index (χ3n) is 6.26. The Hall–Kier alpha value is -3.34. The van der Waals surface area contributed by atoms with E-state index >= 15 is 0 Å². The van der Waals surface area contributed by atoms with E-state index in [-0.39, 0.29) is 17.7 Å². The Bertz CT molecular complexity index is 1200. The highest BCUT2D eigenvalue weighted by molar-refractivity contribution is 7.23. The highest BCUT2D eigenvalue weighted by Crippen LogP contribution is 2.34. The highest BCUT2D eigenvalue weighted by atomic mass is 32.1. The van der Waals surface area contributed by atoms with Crippen LogP contribution in [0.5, 0.6) is 0 Å². The van der Waals surface area contributed by atoms with E-state index in [1.54, 1.807) is 30.1 Å². The lowest BCUT2D eigenvalue weighted by Gasteiger charge is -2.33. The zero-order chi connectivity index (χ0) is 24.4. The van der Waals surface area contributed by atoms with E-state index < -0.39 is 5.92 Å². The van der Waals surface area contributed by atoms with Crippen molar-refractivity contribution in [3.8, 4) is 0 Å². The lowest BCUT2D eigenvalue weighted by atomic mass is 9.96. The number of hydrogen-bond acceptors (Lipinski definition) is 8. The molecule has 3 aromatic rings. The summed E-state index contributed by atoms with van der Waals surface area (Å²) in [5.74, 6) is -0.384. The first-order chi connectivity index (χ1) is 16.3. The molecule has 0 radical (unpaired) electrons. The summed E-state index contributed by atoms with van der Waals surface area (Å²) in [5, 5.41) is 24.4. The van der Waals surface area contributed by atoms with E-state index in [1.807, 2.05) is 19.1 Å². The number of nitrogen functional groups attached to an aromatic ring is 1. The Morgan fingerprint density at radius 1 is 1.24 bits per heavy atom. The minimum Gasteiger partial charge on any atom is -0.398 e. The van der Waals surface area contributed by atoms with Crippen LogP contribution in [0.25, 0.3) is 10.2 Å². The number of thiophene rings is 1. The van der Waals surface area contributed by atoms with Crippen LogP contribution in [-0.2, 0) is 9.53 Å². The zero-order valence-corrected chi connectivity index (χ0v) is 20.0. The monoisotopic (exact) mass is 479 g/mol. The van der Waals surface area contributed by atoms with Crippen molar-refractivity contribution in [3.05, 3.63) is 47.2 Å². The molecule has 1 unspecified atom stereocenters. The van der Waals surface area contributed by atoms with Crippen molar-refractivity contribution >= 4 is 56.3 Å². The Labute approximate surface area is 202 Å². The van der Waals surface area contributed by atoms with E-state index in [9.17, 15) is 4.79 Å². The van der Waals surface area contributed by atoms with Crippen molar-refractivity contribution < 1.29 is 9.53 Å². The molecular weight excluding hydrogens is 450 g/mol. The molecule has 1 amide bonds. The number of carbonyl (C=O) groups is 1. The summed E-state index contributed by atoms with van der Waals surface area (Å²) < 4.78 is 6.34. The molecule has 0 bridgehead atoms. The van der Waals surface area contributed by atoms with Crippen molar-refractivity contribution in [1.29, 1.82) is 16.2 Å². The molecule has 0 spiro atoms. The molecule has 4 rings (SSSR count). The Morgan fingerprint density at radius 3 is 2.56 bits per heavy atom. The molecule has 1 fully saturated rings. The van der Waals surface area contributed by atoms with Gasteiger partial charge >= 0.3 is 0 Å². The van der Waals surface area contributed by atoms with Crippen LogP contribution < -0.4 is 10.6 Å². The van der Waals surface area contributed by atoms with Gasteiger partial charge in [-0.3, -0.25) is 15.1 Å². The molecule has 178 valence electrons. The normalized spacial score (nSPS) is 16.2. The van der Waals surface area contributed by atoms with Gasteiger partial charge in [0, 0.05) is 43.8 Å². The van der Waals surface area contributed by atoms with E-state index in [2.05, 4.69) is 9.88 Å². The van der Waals surface area contributed by atoms with E-state index in [4.69, 9.17) is 26.7 Å². The van der Waals surface area contributed by atoms with Gasteiger partial charge < -0.3 is 31.2 Å². The maximum absolute atomic E-state index is 13.0. The molecule has 1 aliphatic rings. The maximum Gasteiger partial charge on any atom is 0.244 e. The molecular formula is C24H29N7O2S. The zero-order valence-electron chi connectivity index (χ0n) is 19.2. The number of carbonyl (C=O) groups excluding carboxylic acids is 1. The first-order valence-electron chi connectivity index (χ1n) is 11.1. The van der Waals surface area contributed by atoms with Crippen LogP contribution in [0.4, 0.5) is 10.7 Å². The maximum atomic E-state index is 13.0. The van der Waals surface area contributed by atoms with Gasteiger partial charge in [-0.15, -0.1) is 11.3 Å². The number of nitrogens with zero attached hydrogens (tertiary/aromatic N) is 2. The first-order valence-corrected chi connectivity index (χ1v) is 11.9. The van der Waals surface area contributed by atoms with Crippen LogP contribution in [-0.4, -0.2) is 73.3 Å². The second kappa shape index (κ2) is 9.88. The number of fused-ring (bicyclic) bond motifs is 1. The number of morpholine rings is 1. The third kappa shape index (κ3) is 4.52. The summed E-state index contributed by atoms with van der Waals surface area (Å²) in [6.07, 6.45) is 2.37. The van der Waals surface area contributed by atoms with Gasteiger partial charge in [0.1, 0.15) is 5.00 Å². The number of benzene rings is 1. The summed E-state index contributed by atoms with van der Waals surface area (Å²) in [6, 6.07) is 8.88. The van der Waals surface area contributed by atoms with Gasteiger partial charge in [0.15, 0.2) is 0 Å². The predicted octanol–water partition coefficient (Wildman–Crippen LogP) is 3.29. The Kier molecular flexibility index (Phi) is 6.92. The van der Waals surface area contributed by atoms with Crippen molar-refractivity contribution in [2.24, 2.45) is 0 Å². The number of nitrogens with one attached hydrogen (secondary N) is 4. The molecule has 1 atom stereocenters. The SMILES string of the molecule is CC(C(=O)N(C)c1cc2[nH]c(C(=N)c3ccc(C(C=N)C=N)cc3N)cc2s1)N1CCOCC1. The summed E-state index contributed by atoms with van der Waals surface area (Å²) >= 11 is 1.50. The second-order valence-electron chi connectivity index (χ2n) is 8.35. The Balaban J connectivity index is 1.51. The highest BCUT2D eigenvalue weighted by Gasteiger charge is 2.27. The van der Waals surface area contributed by atoms with Crippen LogP contribution in [0.2, 0.25) is 0 Å². The number of H-pyrrole nitrogens is 1. The summed E-state index contributed by atoms with van der Waals surface area (Å²) in [5.41, 5.74) is 9.72. The smallest absolute Gasteiger partial charge is 0.244 e. The average molecular weight is 480 g/mol. The van der Waals surface area contributed by atoms with Gasteiger partial charge in [-0.2, -0.15) is 0 Å². The van der Waals surface area contributed by atoms with Crippen LogP contribution in [0.15, 0.2) is 30.3 Å². The average Bonchev–Trinajstić information content (AvgIpc) is 3.43. The summed E-state index contributed by atoms with van der Waals surface area (Å²) in [6.45, 7) is 4.75. The summed E-state index contributed by atoms with van der Waals surface area (Å²) in [7, 11) is 1.80. The van der Waals surface area contributed by atoms with Gasteiger partial charge in [0.2, 0.25) is 5.91 Å². The number of likely N-dealkylation sites (N-methyl/N-ethyl adjacent to an activating group) is 1. The van der Waals surface area contributed by atoms with E-state index in [0.717, 1.165) is 33.9 Å². The molecule has 9 nitrogen and oxygen atoms in total. The third-order valence-corrected chi connectivity index (χ3v) is 7.42. The number of ether oxygens (including phenoxy) is 1. The molecule has 0 aliphatic carbocycles. The number of aromatic amines is 1. The van der Waals surface area contributed by atoms with Gasteiger partial charge in [-0.1, -0.05) is 12.1 Å². The van der Waals surface area contributed by atoms with Gasteiger partial charge in [-0.25, -0.2) is 0 Å². The molecule has 1 aromatic carbocycles. The van der Waals surface area contributed by atoms with Crippen LogP contribution in [0.3, 0.4) is 0 Å². The molecule has 34 heavy (non-hydrogen) atoms. The molecule has 0 saturated carbocycles. The molecule has 10 heteroatoms. The number of amides is 1. The van der Waals surface area contributed by atoms with E-state index in [1.165, 1.54) is 23.8 Å². The Morgan fingerprint density at radius 2 is 1.94 bits per heavy atom. The minimum atomic E-state index is -0.426. The fourth-order valence-corrected chi connectivity index (χ4v) is 5.15. The standard InChI is InChI=1S/C24H29N7O2S/c1-14(31-5-7-33-8-6-31)24(32)30(2)22-11-19-21(34-22)10-20(29-19)23(28)17-4-3-15(9-18(17)27)16(12-25)13-26/h3-4,9-14,16,25-26,28-29H,5-8,27H2,1-2H3. The predicted molar refractivity (Wildman–Crippen MR) is 139 cm³/mol. The lowest BCUT2D eigenvalue weighted by molar-refractivity contribution is -0.124. The summed E-state index contributed by atoms with van der Waals surface area (Å²) in [4.78, 5) is 20.1. The van der Waals surface area contributed by atoms with Crippen molar-refractivity contribution in [2.75, 3.05) is 44.0 Å². The number of anilines is 2. The number of hydrogen-bond donors (Lipinski definition) is 5. The van der Waals surface area contributed by atoms with Crippen molar-refractivity contribution in [3.63, 3.8) is 0 Å². The largest absolute Gasteiger partial charge is 0.398 e. The van der Waals surface area contributed by atoms with Gasteiger partial charge in [-0.05, 0) is 30.7 Å². The van der Waals surface area contributed by atoms with Gasteiger partial charge in [0.25, 0.3) is 0 Å². The lowest BCUT2D eigenvalue weighted by Crippen LogP contribution is -2.50. The molecule has 1 saturated heterocycles. The molecule has 2 aromatic heterocycles. The quantitative estimate of drug-likeness (QED) is 0.249. The minimum absolute atomic E-state index is 0.0415. The number of nitrogens with two attached hydrogens (primary N) is 1. The van der Waals surface area contributed by atoms with Gasteiger partial charge in [0.05, 0.1) is 46.8 Å². The van der Waals surface area contributed by atoms with Crippen molar-refractivity contribution in [1.82, 2.24) is 9.88 Å². The van der Waals surface area contributed by atoms with E-state index in [0.29, 0.717) is 30.2 Å². The first kappa shape index (κ1) is 23.8. The second-order valence-corrected chi connectivity index (χ2v) is 9.41. The number of aromatic nitrogens is 1. The topological polar surface area (TPSA) is 146 Å². The van der Waals surface area contributed by atoms with Crippen LogP contribution >= 0.6 is 11.3 Å². The van der Waals surface area contributed by atoms with Crippen molar-refractivity contribution in [2.45, 2.75) is 18.9 Å². The van der Waals surface area contributed by atoms with Crippen LogP contribution in [0.1, 0.15) is 29.7 Å². The number of rotatable bonds is 8. The van der Waals surface area contributed by atoms with Crippen LogP contribution in [0, 0.1) is 16.2 Å². The fourth-order valence-electron chi connectivity index (χ4n) is 4.12. The fraction of sp³-hybridized carbons (Fsp3) is 0.333.